The maximum atomic E-state index is 9.58. The minimum Gasteiger partial charge on any atom is -0.479 e. The van der Waals surface area contributed by atoms with Crippen LogP contribution in [0.25, 0.3) is 0 Å². The minimum absolute atomic E-state index is 0.389. The number of carboxylic acid groups (broad SMARTS) is 1. The smallest absolute Gasteiger partial charge is 0.344 e. The normalized spacial score (nSPS) is 13.4. The molecule has 0 aromatic heterocycles. The molecule has 0 spiro atoms. The van der Waals surface area contributed by atoms with E-state index in [-0.39, 0.29) is 0 Å². The average molecular weight is 123 g/mol. The molecule has 0 fully saturated rings. The van der Waals surface area contributed by atoms with Crippen molar-refractivity contribution < 1.29 is 15.0 Å². The largest absolute Gasteiger partial charge is 0.479 e. The molecule has 1 unspecified atom stereocenters. The standard InChI is InChI=1S/C2H5NO3S/c3-7-2(6)1(4)5/h2,6H,3H2,(H,4,5). The van der Waals surface area contributed by atoms with Crippen LogP contribution < -0.4 is 5.14 Å². The van der Waals surface area contributed by atoms with Crippen LogP contribution in [-0.2, 0) is 4.79 Å². The Balaban J connectivity index is 3.34. The fourth-order valence-electron chi connectivity index (χ4n) is 0.0582. The maximum Gasteiger partial charge on any atom is 0.344 e. The summed E-state index contributed by atoms with van der Waals surface area (Å²) in [5, 5.41) is 20.7. The molecule has 4 N–H and O–H groups in total. The number of rotatable bonds is 2. The predicted octanol–water partition coefficient (Wildman–Crippen LogP) is -1.00. The molecule has 0 radical (unpaired) electrons. The van der Waals surface area contributed by atoms with E-state index < -0.39 is 11.4 Å². The van der Waals surface area contributed by atoms with Gasteiger partial charge in [-0.15, -0.1) is 0 Å². The summed E-state index contributed by atoms with van der Waals surface area (Å²) >= 11 is 0.389. The number of aliphatic hydroxyl groups is 1. The second-order valence-corrected chi connectivity index (χ2v) is 1.55. The molecule has 0 aliphatic rings. The van der Waals surface area contributed by atoms with Crippen molar-refractivity contribution in [1.82, 2.24) is 0 Å². The van der Waals surface area contributed by atoms with Crippen LogP contribution in [0, 0.1) is 0 Å². The number of carbonyl (C=O) groups is 1. The lowest BCUT2D eigenvalue weighted by Gasteiger charge is -1.95. The van der Waals surface area contributed by atoms with Crippen molar-refractivity contribution in [3.8, 4) is 0 Å². The summed E-state index contributed by atoms with van der Waals surface area (Å²) in [6, 6.07) is 0. The third-order valence-electron chi connectivity index (χ3n) is 0.340. The molecule has 0 amide bonds. The average Bonchev–Trinajstić information content (AvgIpc) is 1.65. The second-order valence-electron chi connectivity index (χ2n) is 0.827. The minimum atomic E-state index is -1.49. The Hall–Kier alpha value is -0.260. The van der Waals surface area contributed by atoms with Gasteiger partial charge >= 0.3 is 5.97 Å². The summed E-state index contributed by atoms with van der Waals surface area (Å²) in [6.45, 7) is 0. The Kier molecular flexibility index (Phi) is 2.73. The SMILES string of the molecule is NSC(O)C(=O)O. The van der Waals surface area contributed by atoms with Crippen LogP contribution in [0.15, 0.2) is 0 Å². The van der Waals surface area contributed by atoms with Gasteiger partial charge in [0.25, 0.3) is 0 Å². The Bertz CT molecular complexity index is 75.3. The number of aliphatic hydroxyl groups excluding tert-OH is 1. The highest BCUT2D eigenvalue weighted by Gasteiger charge is 2.09. The zero-order valence-corrected chi connectivity index (χ0v) is 4.18. The van der Waals surface area contributed by atoms with Gasteiger partial charge in [-0.25, -0.2) is 4.79 Å². The fraction of sp³-hybridized carbons (Fsp3) is 0.500. The molecule has 7 heavy (non-hydrogen) atoms. The van der Waals surface area contributed by atoms with E-state index in [9.17, 15) is 4.79 Å². The number of hydrogen-bond acceptors (Lipinski definition) is 4. The van der Waals surface area contributed by atoms with Crippen molar-refractivity contribution in [2.45, 2.75) is 5.44 Å². The molecular weight excluding hydrogens is 118 g/mol. The molecule has 0 bridgehead atoms. The molecule has 42 valence electrons. The highest BCUT2D eigenvalue weighted by atomic mass is 32.2. The maximum absolute atomic E-state index is 9.58. The Morgan fingerprint density at radius 2 is 2.29 bits per heavy atom. The highest BCUT2D eigenvalue weighted by molar-refractivity contribution is 7.98. The summed E-state index contributed by atoms with van der Waals surface area (Å²) in [6.07, 6.45) is 0. The first kappa shape index (κ1) is 6.74. The highest BCUT2D eigenvalue weighted by Crippen LogP contribution is 1.94. The van der Waals surface area contributed by atoms with Crippen LogP contribution in [0.3, 0.4) is 0 Å². The van der Waals surface area contributed by atoms with Crippen molar-refractivity contribution in [2.75, 3.05) is 0 Å². The lowest BCUT2D eigenvalue weighted by molar-refractivity contribution is -0.141. The van der Waals surface area contributed by atoms with E-state index in [0.717, 1.165) is 0 Å². The van der Waals surface area contributed by atoms with Gasteiger partial charge in [0.2, 0.25) is 5.44 Å². The van der Waals surface area contributed by atoms with E-state index in [1.165, 1.54) is 0 Å². The van der Waals surface area contributed by atoms with Gasteiger partial charge in [-0.1, -0.05) is 0 Å². The first-order valence-electron chi connectivity index (χ1n) is 1.45. The monoisotopic (exact) mass is 123 g/mol. The van der Waals surface area contributed by atoms with Gasteiger partial charge in [0.05, 0.1) is 0 Å². The van der Waals surface area contributed by atoms with Crippen LogP contribution in [0.1, 0.15) is 0 Å². The predicted molar refractivity (Wildman–Crippen MR) is 25.4 cm³/mol. The lowest BCUT2D eigenvalue weighted by atomic mass is 10.7. The topological polar surface area (TPSA) is 83.5 Å². The number of aliphatic carboxylic acids is 1. The van der Waals surface area contributed by atoms with E-state index in [0.29, 0.717) is 11.9 Å². The van der Waals surface area contributed by atoms with Crippen LogP contribution in [0.5, 0.6) is 0 Å². The quantitative estimate of drug-likeness (QED) is 0.324. The number of hydrogen-bond donors (Lipinski definition) is 3. The van der Waals surface area contributed by atoms with Gasteiger partial charge in [-0.3, -0.25) is 5.14 Å². The van der Waals surface area contributed by atoms with Crippen LogP contribution in [0.2, 0.25) is 0 Å². The van der Waals surface area contributed by atoms with E-state index in [1.807, 2.05) is 0 Å². The Morgan fingerprint density at radius 1 is 1.86 bits per heavy atom. The van der Waals surface area contributed by atoms with Gasteiger partial charge in [-0.2, -0.15) is 0 Å². The first-order chi connectivity index (χ1) is 3.18. The molecular formula is C2H5NO3S. The Morgan fingerprint density at radius 3 is 2.29 bits per heavy atom. The van der Waals surface area contributed by atoms with Crippen LogP contribution in [0.4, 0.5) is 0 Å². The molecule has 0 saturated heterocycles. The number of nitrogens with two attached hydrogens (primary N) is 1. The van der Waals surface area contributed by atoms with Crippen molar-refractivity contribution in [3.05, 3.63) is 0 Å². The Labute approximate surface area is 44.5 Å². The van der Waals surface area contributed by atoms with Crippen molar-refractivity contribution in [2.24, 2.45) is 5.14 Å². The van der Waals surface area contributed by atoms with E-state index >= 15 is 0 Å². The van der Waals surface area contributed by atoms with Crippen molar-refractivity contribution in [3.63, 3.8) is 0 Å². The molecule has 0 heterocycles. The summed E-state index contributed by atoms with van der Waals surface area (Å²) in [5.74, 6) is -1.31. The second kappa shape index (κ2) is 2.84. The summed E-state index contributed by atoms with van der Waals surface area (Å²) in [4.78, 5) is 9.58. The van der Waals surface area contributed by atoms with E-state index in [4.69, 9.17) is 10.2 Å². The first-order valence-corrected chi connectivity index (χ1v) is 2.39. The zero-order chi connectivity index (χ0) is 5.86. The molecule has 0 aliphatic carbocycles. The fourth-order valence-corrected chi connectivity index (χ4v) is 0.175. The van der Waals surface area contributed by atoms with Crippen molar-refractivity contribution >= 4 is 17.9 Å². The van der Waals surface area contributed by atoms with Gasteiger partial charge < -0.3 is 10.2 Å². The third-order valence-corrected chi connectivity index (χ3v) is 0.800. The molecule has 0 rings (SSSR count). The summed E-state index contributed by atoms with van der Waals surface area (Å²) in [7, 11) is 0. The molecule has 0 aliphatic heterocycles. The van der Waals surface area contributed by atoms with Crippen LogP contribution >= 0.6 is 11.9 Å². The van der Waals surface area contributed by atoms with E-state index in [1.54, 1.807) is 0 Å². The number of carboxylic acids is 1. The molecule has 5 heteroatoms. The van der Waals surface area contributed by atoms with Gasteiger partial charge in [0.1, 0.15) is 0 Å². The molecule has 1 atom stereocenters. The van der Waals surface area contributed by atoms with Crippen LogP contribution in [-0.4, -0.2) is 21.6 Å². The van der Waals surface area contributed by atoms with E-state index in [2.05, 4.69) is 5.14 Å². The van der Waals surface area contributed by atoms with Gasteiger partial charge in [0, 0.05) is 0 Å². The summed E-state index contributed by atoms with van der Waals surface area (Å²) < 4.78 is 0. The van der Waals surface area contributed by atoms with Crippen molar-refractivity contribution in [1.29, 1.82) is 0 Å². The lowest BCUT2D eigenvalue weighted by Crippen LogP contribution is -2.16. The van der Waals surface area contributed by atoms with Gasteiger partial charge in [0.15, 0.2) is 0 Å². The van der Waals surface area contributed by atoms with Gasteiger partial charge in [-0.05, 0) is 11.9 Å². The summed E-state index contributed by atoms with van der Waals surface area (Å²) in [5.41, 5.74) is -1.49. The molecule has 0 aromatic rings. The third kappa shape index (κ3) is 2.44. The zero-order valence-electron chi connectivity index (χ0n) is 3.37. The molecule has 0 saturated carbocycles. The molecule has 0 aromatic carbocycles. The molecule has 4 nitrogen and oxygen atoms in total.